The minimum atomic E-state index is -0.396. The van der Waals surface area contributed by atoms with Crippen LogP contribution in [0.1, 0.15) is 0 Å². The second-order valence-corrected chi connectivity index (χ2v) is 4.29. The van der Waals surface area contributed by atoms with E-state index in [9.17, 15) is 10.1 Å². The molecular formula is C9H10BrClN2O2. The second kappa shape index (κ2) is 5.32. The number of nitro groups is 1. The molecule has 0 bridgehead atoms. The van der Waals surface area contributed by atoms with E-state index in [4.69, 9.17) is 11.6 Å². The van der Waals surface area contributed by atoms with Crippen LogP contribution in [0.5, 0.6) is 0 Å². The Morgan fingerprint density at radius 3 is 2.80 bits per heavy atom. The molecule has 0 atom stereocenters. The predicted molar refractivity (Wildman–Crippen MR) is 64.8 cm³/mol. The number of alkyl halides is 1. The van der Waals surface area contributed by atoms with Crippen LogP contribution in [0.15, 0.2) is 22.7 Å². The number of benzene rings is 1. The molecule has 0 aliphatic heterocycles. The first-order valence-corrected chi connectivity index (χ1v) is 5.60. The molecule has 0 fully saturated rings. The van der Waals surface area contributed by atoms with Crippen LogP contribution in [-0.2, 0) is 0 Å². The van der Waals surface area contributed by atoms with Crippen LogP contribution in [0.2, 0.25) is 0 Å². The van der Waals surface area contributed by atoms with E-state index in [1.165, 1.54) is 6.07 Å². The largest absolute Gasteiger partial charge is 0.368 e. The van der Waals surface area contributed by atoms with Crippen molar-refractivity contribution in [3.8, 4) is 0 Å². The maximum absolute atomic E-state index is 10.8. The van der Waals surface area contributed by atoms with Crippen LogP contribution in [0.4, 0.5) is 11.4 Å². The first-order chi connectivity index (χ1) is 7.06. The molecule has 0 saturated carbocycles. The summed E-state index contributed by atoms with van der Waals surface area (Å²) in [5.41, 5.74) is 0.654. The van der Waals surface area contributed by atoms with Gasteiger partial charge in [-0.15, -0.1) is 11.6 Å². The highest BCUT2D eigenvalue weighted by Gasteiger charge is 2.16. The number of anilines is 1. The molecule has 6 heteroatoms. The summed E-state index contributed by atoms with van der Waals surface area (Å²) in [5, 5.41) is 10.8. The fourth-order valence-corrected chi connectivity index (χ4v) is 1.81. The summed E-state index contributed by atoms with van der Waals surface area (Å²) in [7, 11) is 1.77. The van der Waals surface area contributed by atoms with Crippen molar-refractivity contribution in [1.82, 2.24) is 0 Å². The topological polar surface area (TPSA) is 46.4 Å². The van der Waals surface area contributed by atoms with E-state index in [0.29, 0.717) is 18.1 Å². The molecule has 1 rings (SSSR count). The molecule has 1 aromatic rings. The Morgan fingerprint density at radius 1 is 1.60 bits per heavy atom. The SMILES string of the molecule is CN(CCCl)c1cc(Br)ccc1[N+](=O)[O-]. The monoisotopic (exact) mass is 292 g/mol. The Morgan fingerprint density at radius 2 is 2.27 bits per heavy atom. The van der Waals surface area contributed by atoms with Gasteiger partial charge in [0.2, 0.25) is 0 Å². The molecule has 0 N–H and O–H groups in total. The third kappa shape index (κ3) is 3.07. The molecule has 1 aromatic carbocycles. The molecule has 15 heavy (non-hydrogen) atoms. The van der Waals surface area contributed by atoms with Gasteiger partial charge in [-0.1, -0.05) is 15.9 Å². The molecule has 0 unspecified atom stereocenters. The lowest BCUT2D eigenvalue weighted by Crippen LogP contribution is -2.20. The third-order valence-electron chi connectivity index (χ3n) is 1.97. The van der Waals surface area contributed by atoms with E-state index in [1.807, 2.05) is 0 Å². The van der Waals surface area contributed by atoms with Gasteiger partial charge in [-0.2, -0.15) is 0 Å². The smallest absolute Gasteiger partial charge is 0.292 e. The van der Waals surface area contributed by atoms with Gasteiger partial charge in [0, 0.05) is 30.0 Å². The van der Waals surface area contributed by atoms with Gasteiger partial charge in [-0.05, 0) is 12.1 Å². The number of hydrogen-bond donors (Lipinski definition) is 0. The number of nitro benzene ring substituents is 1. The van der Waals surface area contributed by atoms with Crippen LogP contribution >= 0.6 is 27.5 Å². The molecule has 0 heterocycles. The van der Waals surface area contributed by atoms with E-state index in [0.717, 1.165) is 4.47 Å². The lowest BCUT2D eigenvalue weighted by atomic mass is 10.2. The van der Waals surface area contributed by atoms with Gasteiger partial charge in [0.25, 0.3) is 5.69 Å². The first kappa shape index (κ1) is 12.3. The van der Waals surface area contributed by atoms with Crippen LogP contribution < -0.4 is 4.90 Å². The van der Waals surface area contributed by atoms with E-state index >= 15 is 0 Å². The van der Waals surface area contributed by atoms with Gasteiger partial charge < -0.3 is 4.90 Å². The Kier molecular flexibility index (Phi) is 4.35. The minimum Gasteiger partial charge on any atom is -0.368 e. The average molecular weight is 294 g/mol. The average Bonchev–Trinajstić information content (AvgIpc) is 2.17. The molecule has 4 nitrogen and oxygen atoms in total. The highest BCUT2D eigenvalue weighted by Crippen LogP contribution is 2.30. The number of halogens is 2. The van der Waals surface area contributed by atoms with Gasteiger partial charge >= 0.3 is 0 Å². The summed E-state index contributed by atoms with van der Waals surface area (Å²) in [4.78, 5) is 12.1. The van der Waals surface area contributed by atoms with E-state index in [2.05, 4.69) is 15.9 Å². The lowest BCUT2D eigenvalue weighted by Gasteiger charge is -2.17. The zero-order valence-electron chi connectivity index (χ0n) is 8.11. The second-order valence-electron chi connectivity index (χ2n) is 3.00. The zero-order chi connectivity index (χ0) is 11.4. The Hall–Kier alpha value is -0.810. The summed E-state index contributed by atoms with van der Waals surface area (Å²) in [6, 6.07) is 4.84. The fraction of sp³-hybridized carbons (Fsp3) is 0.333. The Balaban J connectivity index is 3.12. The number of hydrogen-bond acceptors (Lipinski definition) is 3. The van der Waals surface area contributed by atoms with Crippen LogP contribution in [0, 0.1) is 10.1 Å². The third-order valence-corrected chi connectivity index (χ3v) is 2.63. The normalized spacial score (nSPS) is 10.1. The standard InChI is InChI=1S/C9H10BrClN2O2/c1-12(5-4-11)9-6-7(10)2-3-8(9)13(14)15/h2-3,6H,4-5H2,1H3. The van der Waals surface area contributed by atoms with Crippen molar-refractivity contribution in [3.63, 3.8) is 0 Å². The summed E-state index contributed by atoms with van der Waals surface area (Å²) in [6.45, 7) is 0.568. The van der Waals surface area contributed by atoms with Gasteiger partial charge in [0.1, 0.15) is 5.69 Å². The van der Waals surface area contributed by atoms with Gasteiger partial charge in [-0.3, -0.25) is 10.1 Å². The summed E-state index contributed by atoms with van der Waals surface area (Å²) < 4.78 is 0.810. The van der Waals surface area contributed by atoms with Crippen LogP contribution in [0.3, 0.4) is 0 Å². The summed E-state index contributed by atoms with van der Waals surface area (Å²) in [6.07, 6.45) is 0. The molecular weight excluding hydrogens is 283 g/mol. The highest BCUT2D eigenvalue weighted by molar-refractivity contribution is 9.10. The number of nitrogens with zero attached hydrogens (tertiary/aromatic N) is 2. The molecule has 0 aliphatic rings. The molecule has 82 valence electrons. The fourth-order valence-electron chi connectivity index (χ4n) is 1.20. The maximum Gasteiger partial charge on any atom is 0.292 e. The van der Waals surface area contributed by atoms with E-state index in [1.54, 1.807) is 24.1 Å². The summed E-state index contributed by atoms with van der Waals surface area (Å²) in [5.74, 6) is 0.431. The van der Waals surface area contributed by atoms with Crippen molar-refractivity contribution in [2.75, 3.05) is 24.4 Å². The Bertz CT molecular complexity index is 373. The van der Waals surface area contributed by atoms with Gasteiger partial charge in [-0.25, -0.2) is 0 Å². The van der Waals surface area contributed by atoms with Crippen molar-refractivity contribution < 1.29 is 4.92 Å². The van der Waals surface area contributed by atoms with Crippen molar-refractivity contribution in [1.29, 1.82) is 0 Å². The first-order valence-electron chi connectivity index (χ1n) is 4.27. The van der Waals surface area contributed by atoms with Crippen molar-refractivity contribution in [2.24, 2.45) is 0 Å². The zero-order valence-corrected chi connectivity index (χ0v) is 10.5. The van der Waals surface area contributed by atoms with Gasteiger partial charge in [0.05, 0.1) is 4.92 Å². The van der Waals surface area contributed by atoms with E-state index < -0.39 is 4.92 Å². The van der Waals surface area contributed by atoms with Crippen molar-refractivity contribution in [3.05, 3.63) is 32.8 Å². The van der Waals surface area contributed by atoms with Crippen molar-refractivity contribution in [2.45, 2.75) is 0 Å². The Labute approximate surface area is 101 Å². The molecule has 0 radical (unpaired) electrons. The molecule has 0 aromatic heterocycles. The quantitative estimate of drug-likeness (QED) is 0.487. The van der Waals surface area contributed by atoms with E-state index in [-0.39, 0.29) is 5.69 Å². The number of rotatable bonds is 4. The molecule has 0 spiro atoms. The molecule has 0 aliphatic carbocycles. The molecule has 0 saturated heterocycles. The maximum atomic E-state index is 10.8. The predicted octanol–water partition coefficient (Wildman–Crippen LogP) is 3.03. The lowest BCUT2D eigenvalue weighted by molar-refractivity contribution is -0.384. The summed E-state index contributed by atoms with van der Waals surface area (Å²) >= 11 is 8.88. The van der Waals surface area contributed by atoms with Crippen LogP contribution in [-0.4, -0.2) is 24.4 Å². The molecule has 0 amide bonds. The highest BCUT2D eigenvalue weighted by atomic mass is 79.9. The van der Waals surface area contributed by atoms with Crippen LogP contribution in [0.25, 0.3) is 0 Å². The van der Waals surface area contributed by atoms with Crippen molar-refractivity contribution >= 4 is 38.9 Å². The minimum absolute atomic E-state index is 0.0887. The van der Waals surface area contributed by atoms with Gasteiger partial charge in [0.15, 0.2) is 0 Å².